The van der Waals surface area contributed by atoms with Crippen LogP contribution in [-0.4, -0.2) is 20.0 Å². The van der Waals surface area contributed by atoms with Crippen LogP contribution in [0.1, 0.15) is 16.8 Å². The number of rotatable bonds is 2. The third-order valence-corrected chi connectivity index (χ3v) is 3.16. The number of hydrogen-bond donors (Lipinski definition) is 2. The van der Waals surface area contributed by atoms with Gasteiger partial charge in [0, 0.05) is 0 Å². The number of aromatic nitrogens is 4. The number of aryl methyl sites for hydroxylation is 1. The molecule has 0 atom stereocenters. The number of alkyl halides is 3. The van der Waals surface area contributed by atoms with Crippen LogP contribution in [0.15, 0.2) is 24.3 Å². The maximum Gasteiger partial charge on any atom is 0.435 e. The van der Waals surface area contributed by atoms with Crippen molar-refractivity contribution in [2.24, 2.45) is 0 Å². The first-order valence-corrected chi connectivity index (χ1v) is 6.19. The highest BCUT2D eigenvalue weighted by atomic mass is 19.4. The van der Waals surface area contributed by atoms with Crippen molar-refractivity contribution < 1.29 is 13.2 Å². The summed E-state index contributed by atoms with van der Waals surface area (Å²) in [7, 11) is 0. The first-order chi connectivity index (χ1) is 9.86. The monoisotopic (exact) mass is 295 g/mol. The Morgan fingerprint density at radius 3 is 2.76 bits per heavy atom. The molecule has 8 heteroatoms. The Balaban J connectivity index is 2.11. The van der Waals surface area contributed by atoms with Crippen LogP contribution in [0.4, 0.5) is 19.0 Å². The SMILES string of the molecule is Cc1cccc(Cn2nc(C(F)(F)F)c3c(N)[nH]nc32)c1. The van der Waals surface area contributed by atoms with E-state index in [1.54, 1.807) is 0 Å². The van der Waals surface area contributed by atoms with Crippen molar-refractivity contribution in [1.82, 2.24) is 20.0 Å². The summed E-state index contributed by atoms with van der Waals surface area (Å²) in [6, 6.07) is 7.46. The molecule has 5 nitrogen and oxygen atoms in total. The Morgan fingerprint density at radius 1 is 1.33 bits per heavy atom. The topological polar surface area (TPSA) is 72.5 Å². The standard InChI is InChI=1S/C13H12F3N5/c1-7-3-2-4-8(5-7)6-21-12-9(11(17)18-19-12)10(20-21)13(14,15)16/h2-5H,6H2,1H3,(H3,17,18,19). The van der Waals surface area contributed by atoms with E-state index in [0.717, 1.165) is 11.1 Å². The molecular weight excluding hydrogens is 283 g/mol. The molecule has 0 unspecified atom stereocenters. The molecule has 21 heavy (non-hydrogen) atoms. The molecule has 0 saturated carbocycles. The molecule has 3 N–H and O–H groups in total. The average Bonchev–Trinajstić information content (AvgIpc) is 2.91. The fourth-order valence-electron chi connectivity index (χ4n) is 2.28. The Bertz CT molecular complexity index is 800. The van der Waals surface area contributed by atoms with Crippen LogP contribution in [0.5, 0.6) is 0 Å². The van der Waals surface area contributed by atoms with Crippen LogP contribution in [0.25, 0.3) is 11.0 Å². The highest BCUT2D eigenvalue weighted by Gasteiger charge is 2.38. The molecule has 0 bridgehead atoms. The second-order valence-corrected chi connectivity index (χ2v) is 4.83. The van der Waals surface area contributed by atoms with E-state index in [2.05, 4.69) is 15.3 Å². The zero-order valence-corrected chi connectivity index (χ0v) is 11.1. The summed E-state index contributed by atoms with van der Waals surface area (Å²) in [5, 5.41) is 9.65. The van der Waals surface area contributed by atoms with Gasteiger partial charge in [-0.15, -0.1) is 0 Å². The predicted octanol–water partition coefficient (Wildman–Crippen LogP) is 2.72. The van der Waals surface area contributed by atoms with Crippen molar-refractivity contribution in [1.29, 1.82) is 0 Å². The summed E-state index contributed by atoms with van der Waals surface area (Å²) >= 11 is 0. The Hall–Kier alpha value is -2.51. The summed E-state index contributed by atoms with van der Waals surface area (Å²) in [6.45, 7) is 2.11. The fraction of sp³-hybridized carbons (Fsp3) is 0.231. The van der Waals surface area contributed by atoms with Crippen molar-refractivity contribution in [3.63, 3.8) is 0 Å². The number of aromatic amines is 1. The van der Waals surface area contributed by atoms with Gasteiger partial charge < -0.3 is 5.73 Å². The summed E-state index contributed by atoms with van der Waals surface area (Å²) in [5.74, 6) is -0.132. The van der Waals surface area contributed by atoms with Gasteiger partial charge in [-0.1, -0.05) is 29.8 Å². The largest absolute Gasteiger partial charge is 0.435 e. The zero-order valence-electron chi connectivity index (χ0n) is 11.1. The van der Waals surface area contributed by atoms with Crippen LogP contribution in [0, 0.1) is 6.92 Å². The molecule has 0 aliphatic rings. The highest BCUT2D eigenvalue weighted by molar-refractivity contribution is 5.89. The molecule has 0 aliphatic heterocycles. The van der Waals surface area contributed by atoms with Gasteiger partial charge in [-0.05, 0) is 12.5 Å². The fourth-order valence-corrected chi connectivity index (χ4v) is 2.28. The predicted molar refractivity (Wildman–Crippen MR) is 71.6 cm³/mol. The number of nitrogens with one attached hydrogen (secondary N) is 1. The molecular formula is C13H12F3N5. The smallest absolute Gasteiger partial charge is 0.383 e. The van der Waals surface area contributed by atoms with E-state index in [1.807, 2.05) is 31.2 Å². The van der Waals surface area contributed by atoms with E-state index in [0.29, 0.717) is 0 Å². The van der Waals surface area contributed by atoms with Crippen molar-refractivity contribution >= 4 is 16.9 Å². The highest BCUT2D eigenvalue weighted by Crippen LogP contribution is 2.35. The van der Waals surface area contributed by atoms with Crippen LogP contribution < -0.4 is 5.73 Å². The average molecular weight is 295 g/mol. The van der Waals surface area contributed by atoms with Gasteiger partial charge in [-0.2, -0.15) is 23.4 Å². The number of nitrogens with two attached hydrogens (primary N) is 1. The van der Waals surface area contributed by atoms with Crippen molar-refractivity contribution in [2.45, 2.75) is 19.6 Å². The number of H-pyrrole nitrogens is 1. The number of nitrogen functional groups attached to an aromatic ring is 1. The van der Waals surface area contributed by atoms with Crippen LogP contribution >= 0.6 is 0 Å². The Labute approximate surface area is 117 Å². The van der Waals surface area contributed by atoms with Gasteiger partial charge in [0.1, 0.15) is 5.82 Å². The number of anilines is 1. The zero-order chi connectivity index (χ0) is 15.2. The quantitative estimate of drug-likeness (QED) is 0.763. The lowest BCUT2D eigenvalue weighted by molar-refractivity contribution is -0.140. The van der Waals surface area contributed by atoms with Crippen LogP contribution in [-0.2, 0) is 12.7 Å². The minimum atomic E-state index is -4.58. The van der Waals surface area contributed by atoms with Crippen molar-refractivity contribution in [3.05, 3.63) is 41.1 Å². The molecule has 2 heterocycles. The number of nitrogens with zero attached hydrogens (tertiary/aromatic N) is 3. The van der Waals surface area contributed by atoms with Crippen molar-refractivity contribution in [3.8, 4) is 0 Å². The number of halogens is 3. The summed E-state index contributed by atoms with van der Waals surface area (Å²) < 4.78 is 40.3. The van der Waals surface area contributed by atoms with Gasteiger partial charge in [-0.25, -0.2) is 4.68 Å². The van der Waals surface area contributed by atoms with Crippen LogP contribution in [0.2, 0.25) is 0 Å². The molecule has 0 aliphatic carbocycles. The molecule has 0 amide bonds. The lowest BCUT2D eigenvalue weighted by atomic mass is 10.1. The molecule has 1 aromatic carbocycles. The summed E-state index contributed by atoms with van der Waals surface area (Å²) in [6.07, 6.45) is -4.58. The minimum Gasteiger partial charge on any atom is -0.383 e. The first-order valence-electron chi connectivity index (χ1n) is 6.19. The molecule has 0 spiro atoms. The third kappa shape index (κ3) is 2.32. The maximum absolute atomic E-state index is 13.0. The summed E-state index contributed by atoms with van der Waals surface area (Å²) in [5.41, 5.74) is 6.48. The first kappa shape index (κ1) is 13.5. The second-order valence-electron chi connectivity index (χ2n) is 4.83. The number of benzene rings is 1. The lowest BCUT2D eigenvalue weighted by Gasteiger charge is -2.04. The van der Waals surface area contributed by atoms with Crippen LogP contribution in [0.3, 0.4) is 0 Å². The van der Waals surface area contributed by atoms with Crippen molar-refractivity contribution in [2.75, 3.05) is 5.73 Å². The number of fused-ring (bicyclic) bond motifs is 1. The maximum atomic E-state index is 13.0. The van der Waals surface area contributed by atoms with E-state index < -0.39 is 11.9 Å². The molecule has 110 valence electrons. The van der Waals surface area contributed by atoms with Gasteiger partial charge >= 0.3 is 6.18 Å². The van der Waals surface area contributed by atoms with Gasteiger partial charge in [0.2, 0.25) is 0 Å². The van der Waals surface area contributed by atoms with Gasteiger partial charge in [0.15, 0.2) is 11.3 Å². The van der Waals surface area contributed by atoms with E-state index in [1.165, 1.54) is 4.68 Å². The summed E-state index contributed by atoms with van der Waals surface area (Å²) in [4.78, 5) is 0. The molecule has 0 radical (unpaired) electrons. The van der Waals surface area contributed by atoms with E-state index in [4.69, 9.17) is 5.73 Å². The Morgan fingerprint density at radius 2 is 2.10 bits per heavy atom. The third-order valence-electron chi connectivity index (χ3n) is 3.16. The van der Waals surface area contributed by atoms with E-state index in [9.17, 15) is 13.2 Å². The van der Waals surface area contributed by atoms with Gasteiger partial charge in [0.25, 0.3) is 0 Å². The van der Waals surface area contributed by atoms with Gasteiger partial charge in [-0.3, -0.25) is 5.10 Å². The molecule has 0 fully saturated rings. The van der Waals surface area contributed by atoms with Gasteiger partial charge in [0.05, 0.1) is 11.9 Å². The molecule has 2 aromatic heterocycles. The Kier molecular flexibility index (Phi) is 2.89. The van der Waals surface area contributed by atoms with E-state index >= 15 is 0 Å². The lowest BCUT2D eigenvalue weighted by Crippen LogP contribution is -2.10. The number of hydrogen-bond acceptors (Lipinski definition) is 3. The normalized spacial score (nSPS) is 12.2. The molecule has 3 aromatic rings. The minimum absolute atomic E-state index is 0.0985. The van der Waals surface area contributed by atoms with E-state index in [-0.39, 0.29) is 23.4 Å². The molecule has 0 saturated heterocycles. The molecule has 3 rings (SSSR count). The second kappa shape index (κ2) is 4.51.